The Labute approximate surface area is 173 Å². The molecule has 2 atom stereocenters. The highest BCUT2D eigenvalue weighted by atomic mass is 19.4. The van der Waals surface area contributed by atoms with Crippen LogP contribution in [0.4, 0.5) is 23.5 Å². The average molecular weight is 437 g/mol. The van der Waals surface area contributed by atoms with Gasteiger partial charge in [0.15, 0.2) is 5.65 Å². The number of halogens is 4. The van der Waals surface area contributed by atoms with Crippen LogP contribution in [0.3, 0.4) is 0 Å². The number of allylic oxidation sites excluding steroid dienone is 1. The molecule has 3 heterocycles. The number of ether oxygens (including phenoxy) is 1. The first kappa shape index (κ1) is 20.9. The van der Waals surface area contributed by atoms with Crippen LogP contribution < -0.4 is 11.4 Å². The van der Waals surface area contributed by atoms with Crippen LogP contribution in [0.25, 0.3) is 11.2 Å². The summed E-state index contributed by atoms with van der Waals surface area (Å²) in [6.45, 7) is 3.23. The number of imidazole rings is 1. The van der Waals surface area contributed by atoms with Crippen molar-refractivity contribution in [2.75, 3.05) is 5.73 Å². The highest BCUT2D eigenvalue weighted by molar-refractivity contribution is 5.76. The van der Waals surface area contributed by atoms with Crippen LogP contribution in [0.2, 0.25) is 0 Å². The number of nitrogens with two attached hydrogens (primary N) is 1. The van der Waals surface area contributed by atoms with E-state index in [1.807, 2.05) is 13.0 Å². The lowest BCUT2D eigenvalue weighted by Gasteiger charge is -2.17. The van der Waals surface area contributed by atoms with Crippen molar-refractivity contribution in [3.05, 3.63) is 63.2 Å². The Morgan fingerprint density at radius 2 is 1.97 bits per heavy atom. The lowest BCUT2D eigenvalue weighted by atomic mass is 10.0. The summed E-state index contributed by atoms with van der Waals surface area (Å²) in [4.78, 5) is 21.3. The van der Waals surface area contributed by atoms with Crippen molar-refractivity contribution in [2.24, 2.45) is 13.0 Å². The number of nitrogens with zero attached hydrogens (tertiary/aromatic N) is 4. The number of alkyl halides is 3. The van der Waals surface area contributed by atoms with E-state index in [0.29, 0.717) is 23.0 Å². The van der Waals surface area contributed by atoms with E-state index in [4.69, 9.17) is 10.5 Å². The molecule has 0 spiro atoms. The lowest BCUT2D eigenvalue weighted by Crippen LogP contribution is -2.24. The third-order valence-corrected chi connectivity index (χ3v) is 5.28. The number of nitrogen functional groups attached to an aromatic ring is 1. The van der Waals surface area contributed by atoms with Crippen molar-refractivity contribution in [3.8, 4) is 0 Å². The van der Waals surface area contributed by atoms with Gasteiger partial charge < -0.3 is 10.5 Å². The van der Waals surface area contributed by atoms with E-state index in [2.05, 4.69) is 9.97 Å². The molecule has 31 heavy (non-hydrogen) atoms. The van der Waals surface area contributed by atoms with Gasteiger partial charge in [-0.3, -0.25) is 9.13 Å². The van der Waals surface area contributed by atoms with Gasteiger partial charge in [0.05, 0.1) is 17.9 Å². The Kier molecular flexibility index (Phi) is 4.78. The molecule has 2 N–H and O–H groups in total. The molecule has 0 saturated heterocycles. The summed E-state index contributed by atoms with van der Waals surface area (Å²) >= 11 is 0. The lowest BCUT2D eigenvalue weighted by molar-refractivity contribution is -0.138. The summed E-state index contributed by atoms with van der Waals surface area (Å²) < 4.78 is 61.9. The maximum absolute atomic E-state index is 13.5. The summed E-state index contributed by atoms with van der Waals surface area (Å²) in [5.41, 5.74) is 4.59. The van der Waals surface area contributed by atoms with Crippen LogP contribution in [-0.2, 0) is 24.5 Å². The van der Waals surface area contributed by atoms with E-state index < -0.39 is 35.9 Å². The summed E-state index contributed by atoms with van der Waals surface area (Å²) in [6, 6.07) is 2.32. The van der Waals surface area contributed by atoms with E-state index in [0.717, 1.165) is 16.7 Å². The molecular formula is C20H19F4N5O2. The van der Waals surface area contributed by atoms with Gasteiger partial charge in [0.1, 0.15) is 23.1 Å². The van der Waals surface area contributed by atoms with Gasteiger partial charge in [-0.1, -0.05) is 13.0 Å². The van der Waals surface area contributed by atoms with Gasteiger partial charge in [0.25, 0.3) is 0 Å². The Bertz CT molecular complexity index is 1280. The van der Waals surface area contributed by atoms with Gasteiger partial charge in [-0.15, -0.1) is 0 Å². The molecule has 3 aromatic rings. The van der Waals surface area contributed by atoms with Crippen LogP contribution in [0, 0.1) is 11.7 Å². The number of rotatable bonds is 3. The van der Waals surface area contributed by atoms with E-state index in [1.54, 1.807) is 6.92 Å². The molecule has 1 aliphatic rings. The van der Waals surface area contributed by atoms with Gasteiger partial charge in [0, 0.05) is 13.0 Å². The molecule has 0 amide bonds. The predicted molar refractivity (Wildman–Crippen MR) is 104 cm³/mol. The third kappa shape index (κ3) is 3.53. The zero-order valence-electron chi connectivity index (χ0n) is 16.9. The van der Waals surface area contributed by atoms with Crippen LogP contribution in [0.15, 0.2) is 34.8 Å². The standard InChI is InChI=1S/C20H19F4N5O2/c1-9-6-10(2)31-16(9)14-15-17(27-18(25)26-14)29(19(30)28(15)3)8-11-4-5-12(21)7-13(11)20(22,23)24/h4-7,9,16H,8H2,1-3H3,(H2,25,26,27). The maximum atomic E-state index is 13.5. The number of benzene rings is 1. The first-order valence-electron chi connectivity index (χ1n) is 9.40. The van der Waals surface area contributed by atoms with Crippen molar-refractivity contribution in [3.63, 3.8) is 0 Å². The zero-order valence-corrected chi connectivity index (χ0v) is 16.9. The Hall–Kier alpha value is -3.37. The second-order valence-electron chi connectivity index (χ2n) is 7.54. The average Bonchev–Trinajstić information content (AvgIpc) is 3.12. The molecule has 1 aromatic carbocycles. The molecule has 0 fully saturated rings. The minimum absolute atomic E-state index is 0.0649. The molecule has 7 nitrogen and oxygen atoms in total. The molecule has 1 aliphatic heterocycles. The fraction of sp³-hybridized carbons (Fsp3) is 0.350. The minimum Gasteiger partial charge on any atom is -0.488 e. The summed E-state index contributed by atoms with van der Waals surface area (Å²) in [6.07, 6.45) is -3.41. The number of anilines is 1. The van der Waals surface area contributed by atoms with Gasteiger partial charge in [0.2, 0.25) is 5.95 Å². The Morgan fingerprint density at radius 1 is 1.26 bits per heavy atom. The predicted octanol–water partition coefficient (Wildman–Crippen LogP) is 3.53. The molecule has 4 rings (SSSR count). The maximum Gasteiger partial charge on any atom is 0.416 e. The molecule has 0 radical (unpaired) electrons. The summed E-state index contributed by atoms with van der Waals surface area (Å²) in [5.74, 6) is -0.541. The number of hydrogen-bond acceptors (Lipinski definition) is 5. The van der Waals surface area contributed by atoms with Gasteiger partial charge in [-0.05, 0) is 30.7 Å². The SMILES string of the molecule is CC1=CC(C)C(c2nc(N)nc3c2n(C)c(=O)n3Cc2ccc(F)cc2C(F)(F)F)O1. The van der Waals surface area contributed by atoms with Crippen molar-refractivity contribution < 1.29 is 22.3 Å². The first-order chi connectivity index (χ1) is 14.5. The van der Waals surface area contributed by atoms with Crippen molar-refractivity contribution >= 4 is 17.1 Å². The molecule has 0 saturated carbocycles. The second-order valence-corrected chi connectivity index (χ2v) is 7.54. The quantitative estimate of drug-likeness (QED) is 0.634. The van der Waals surface area contributed by atoms with Crippen molar-refractivity contribution in [2.45, 2.75) is 32.7 Å². The van der Waals surface area contributed by atoms with Crippen LogP contribution in [0.1, 0.15) is 36.8 Å². The number of fused-ring (bicyclic) bond motifs is 1. The highest BCUT2D eigenvalue weighted by Gasteiger charge is 2.35. The summed E-state index contributed by atoms with van der Waals surface area (Å²) in [7, 11) is 1.47. The van der Waals surface area contributed by atoms with Crippen LogP contribution in [0.5, 0.6) is 0 Å². The molecular weight excluding hydrogens is 418 g/mol. The summed E-state index contributed by atoms with van der Waals surface area (Å²) in [5, 5.41) is 0. The van der Waals surface area contributed by atoms with E-state index in [1.165, 1.54) is 11.6 Å². The Morgan fingerprint density at radius 3 is 2.58 bits per heavy atom. The molecule has 11 heteroatoms. The minimum atomic E-state index is -4.79. The number of aromatic nitrogens is 4. The normalized spacial score (nSPS) is 19.0. The zero-order chi connectivity index (χ0) is 22.7. The molecule has 0 aliphatic carbocycles. The highest BCUT2D eigenvalue weighted by Crippen LogP contribution is 2.38. The third-order valence-electron chi connectivity index (χ3n) is 5.28. The van der Waals surface area contributed by atoms with Gasteiger partial charge in [-0.25, -0.2) is 14.2 Å². The number of hydrogen-bond donors (Lipinski definition) is 1. The Balaban J connectivity index is 1.91. The van der Waals surface area contributed by atoms with Gasteiger partial charge >= 0.3 is 11.9 Å². The van der Waals surface area contributed by atoms with Crippen LogP contribution >= 0.6 is 0 Å². The smallest absolute Gasteiger partial charge is 0.416 e. The van der Waals surface area contributed by atoms with Crippen molar-refractivity contribution in [1.82, 2.24) is 19.1 Å². The first-order valence-corrected chi connectivity index (χ1v) is 9.40. The van der Waals surface area contributed by atoms with E-state index in [-0.39, 0.29) is 23.1 Å². The second kappa shape index (κ2) is 7.10. The van der Waals surface area contributed by atoms with Gasteiger partial charge in [-0.2, -0.15) is 18.2 Å². The monoisotopic (exact) mass is 437 g/mol. The molecule has 164 valence electrons. The molecule has 2 unspecified atom stereocenters. The fourth-order valence-corrected chi connectivity index (χ4v) is 3.93. The largest absolute Gasteiger partial charge is 0.488 e. The molecule has 0 bridgehead atoms. The topological polar surface area (TPSA) is 88.0 Å². The number of aryl methyl sites for hydroxylation is 1. The van der Waals surface area contributed by atoms with Crippen LogP contribution in [-0.4, -0.2) is 19.1 Å². The molecule has 2 aromatic heterocycles. The van der Waals surface area contributed by atoms with E-state index in [9.17, 15) is 22.4 Å². The fourth-order valence-electron chi connectivity index (χ4n) is 3.93. The van der Waals surface area contributed by atoms with E-state index >= 15 is 0 Å². The van der Waals surface area contributed by atoms with Crippen molar-refractivity contribution in [1.29, 1.82) is 0 Å².